The van der Waals surface area contributed by atoms with E-state index in [2.05, 4.69) is 5.32 Å². The van der Waals surface area contributed by atoms with E-state index >= 15 is 0 Å². The average Bonchev–Trinajstić information content (AvgIpc) is 2.79. The molecule has 1 aliphatic rings. The molecule has 1 amide bonds. The van der Waals surface area contributed by atoms with Crippen LogP contribution in [0, 0.1) is 12.8 Å². The van der Waals surface area contributed by atoms with E-state index in [-0.39, 0.29) is 23.8 Å². The molecule has 1 saturated heterocycles. The van der Waals surface area contributed by atoms with Gasteiger partial charge in [-0.3, -0.25) is 14.4 Å². The maximum absolute atomic E-state index is 12.9. The third kappa shape index (κ3) is 6.06. The standard InChI is InChI=1S/C24H28N2O6S/c1-16-5-4-6-21(15-16)25-23(28)18(3)32-24(29)20-11-13-26(14-12-20)33(30,31)22-9-7-19(8-10-22)17(2)27/h4-10,15,18,20H,11-14H2,1-3H3,(H,25,28). The molecule has 1 heterocycles. The molecule has 0 aromatic heterocycles. The topological polar surface area (TPSA) is 110 Å². The van der Waals surface area contributed by atoms with Gasteiger partial charge in [0.15, 0.2) is 11.9 Å². The Hall–Kier alpha value is -3.04. The molecular weight excluding hydrogens is 444 g/mol. The van der Waals surface area contributed by atoms with E-state index in [0.29, 0.717) is 24.1 Å². The van der Waals surface area contributed by atoms with Gasteiger partial charge in [-0.25, -0.2) is 8.42 Å². The fourth-order valence-electron chi connectivity index (χ4n) is 3.63. The first kappa shape index (κ1) is 24.6. The van der Waals surface area contributed by atoms with Crippen LogP contribution in [0.4, 0.5) is 5.69 Å². The Morgan fingerprint density at radius 2 is 1.70 bits per heavy atom. The number of benzene rings is 2. The highest BCUT2D eigenvalue weighted by atomic mass is 32.2. The molecule has 33 heavy (non-hydrogen) atoms. The van der Waals surface area contributed by atoms with Crippen molar-refractivity contribution in [2.24, 2.45) is 5.92 Å². The number of ether oxygens (including phenoxy) is 1. The van der Waals surface area contributed by atoms with Gasteiger partial charge < -0.3 is 10.1 Å². The summed E-state index contributed by atoms with van der Waals surface area (Å²) in [5.41, 5.74) is 2.06. The normalized spacial score (nSPS) is 16.1. The fourth-order valence-corrected chi connectivity index (χ4v) is 5.10. The average molecular weight is 473 g/mol. The molecule has 3 rings (SSSR count). The molecule has 1 atom stereocenters. The summed E-state index contributed by atoms with van der Waals surface area (Å²) >= 11 is 0. The number of ketones is 1. The Balaban J connectivity index is 1.53. The Labute approximate surface area is 194 Å². The molecule has 1 fully saturated rings. The summed E-state index contributed by atoms with van der Waals surface area (Å²) in [6.45, 7) is 5.17. The molecule has 1 aliphatic heterocycles. The van der Waals surface area contributed by atoms with Crippen LogP contribution >= 0.6 is 0 Å². The zero-order chi connectivity index (χ0) is 24.2. The van der Waals surface area contributed by atoms with Crippen LogP contribution in [-0.4, -0.2) is 49.6 Å². The van der Waals surface area contributed by atoms with Gasteiger partial charge in [0.05, 0.1) is 10.8 Å². The number of aryl methyl sites for hydroxylation is 1. The summed E-state index contributed by atoms with van der Waals surface area (Å²) in [6, 6.07) is 13.1. The first-order chi connectivity index (χ1) is 15.6. The summed E-state index contributed by atoms with van der Waals surface area (Å²) < 4.78 is 32.4. The largest absolute Gasteiger partial charge is 0.452 e. The molecule has 0 saturated carbocycles. The number of hydrogen-bond acceptors (Lipinski definition) is 6. The van der Waals surface area contributed by atoms with Crippen LogP contribution in [0.1, 0.15) is 42.6 Å². The number of nitrogens with zero attached hydrogens (tertiary/aromatic N) is 1. The molecule has 0 aliphatic carbocycles. The van der Waals surface area contributed by atoms with Crippen molar-refractivity contribution in [1.29, 1.82) is 0 Å². The van der Waals surface area contributed by atoms with Gasteiger partial charge in [-0.05, 0) is 63.4 Å². The zero-order valence-electron chi connectivity index (χ0n) is 18.9. The number of carbonyl (C=O) groups excluding carboxylic acids is 3. The summed E-state index contributed by atoms with van der Waals surface area (Å²) in [7, 11) is -3.72. The molecule has 8 nitrogen and oxygen atoms in total. The molecule has 0 spiro atoms. The van der Waals surface area contributed by atoms with E-state index < -0.39 is 33.9 Å². The SMILES string of the molecule is CC(=O)c1ccc(S(=O)(=O)N2CCC(C(=O)OC(C)C(=O)Nc3cccc(C)c3)CC2)cc1. The smallest absolute Gasteiger partial charge is 0.309 e. The second kappa shape index (κ2) is 10.3. The van der Waals surface area contributed by atoms with Crippen LogP contribution in [0.2, 0.25) is 0 Å². The van der Waals surface area contributed by atoms with Gasteiger partial charge in [0.2, 0.25) is 10.0 Å². The number of amides is 1. The van der Waals surface area contributed by atoms with Crippen molar-refractivity contribution >= 4 is 33.4 Å². The number of rotatable bonds is 7. The Kier molecular flexibility index (Phi) is 7.65. The quantitative estimate of drug-likeness (QED) is 0.490. The van der Waals surface area contributed by atoms with Gasteiger partial charge in [-0.1, -0.05) is 24.3 Å². The number of hydrogen-bond donors (Lipinski definition) is 1. The second-order valence-electron chi connectivity index (χ2n) is 8.20. The number of piperidine rings is 1. The molecule has 0 bridgehead atoms. The van der Waals surface area contributed by atoms with Crippen LogP contribution in [0.3, 0.4) is 0 Å². The van der Waals surface area contributed by atoms with Crippen LogP contribution in [0.5, 0.6) is 0 Å². The summed E-state index contributed by atoms with van der Waals surface area (Å²) in [5, 5.41) is 2.72. The third-order valence-electron chi connectivity index (χ3n) is 5.63. The van der Waals surface area contributed by atoms with Crippen molar-refractivity contribution in [2.75, 3.05) is 18.4 Å². The van der Waals surface area contributed by atoms with E-state index in [1.807, 2.05) is 25.1 Å². The maximum atomic E-state index is 12.9. The van der Waals surface area contributed by atoms with E-state index in [1.54, 1.807) is 6.07 Å². The van der Waals surface area contributed by atoms with Crippen molar-refractivity contribution in [3.8, 4) is 0 Å². The van der Waals surface area contributed by atoms with E-state index in [1.165, 1.54) is 42.4 Å². The van der Waals surface area contributed by atoms with Crippen LogP contribution in [-0.2, 0) is 24.3 Å². The van der Waals surface area contributed by atoms with Crippen LogP contribution in [0.25, 0.3) is 0 Å². The second-order valence-corrected chi connectivity index (χ2v) is 10.1. The van der Waals surface area contributed by atoms with Crippen LogP contribution < -0.4 is 5.32 Å². The maximum Gasteiger partial charge on any atom is 0.309 e. The number of carbonyl (C=O) groups is 3. The number of Topliss-reactive ketones (excluding diaryl/α,β-unsaturated/α-hetero) is 1. The lowest BCUT2D eigenvalue weighted by Gasteiger charge is -2.30. The minimum Gasteiger partial charge on any atom is -0.452 e. The number of nitrogens with one attached hydrogen (secondary N) is 1. The zero-order valence-corrected chi connectivity index (χ0v) is 19.7. The third-order valence-corrected chi connectivity index (χ3v) is 7.55. The number of anilines is 1. The Morgan fingerprint density at radius 3 is 2.27 bits per heavy atom. The summed E-state index contributed by atoms with van der Waals surface area (Å²) in [5.74, 6) is -1.56. The van der Waals surface area contributed by atoms with Crippen molar-refractivity contribution in [3.63, 3.8) is 0 Å². The molecular formula is C24H28N2O6S. The fraction of sp³-hybridized carbons (Fsp3) is 0.375. The molecule has 1 unspecified atom stereocenters. The van der Waals surface area contributed by atoms with Crippen molar-refractivity contribution in [1.82, 2.24) is 4.31 Å². The number of esters is 1. The van der Waals surface area contributed by atoms with Crippen LogP contribution in [0.15, 0.2) is 53.4 Å². The van der Waals surface area contributed by atoms with E-state index in [4.69, 9.17) is 4.74 Å². The van der Waals surface area contributed by atoms with E-state index in [0.717, 1.165) is 5.56 Å². The minimum atomic E-state index is -3.72. The summed E-state index contributed by atoms with van der Waals surface area (Å²) in [6.07, 6.45) is -0.370. The molecule has 9 heteroatoms. The van der Waals surface area contributed by atoms with Crippen molar-refractivity contribution < 1.29 is 27.5 Å². The number of sulfonamides is 1. The highest BCUT2D eigenvalue weighted by molar-refractivity contribution is 7.89. The first-order valence-corrected chi connectivity index (χ1v) is 12.2. The van der Waals surface area contributed by atoms with Gasteiger partial charge in [-0.2, -0.15) is 4.31 Å². The van der Waals surface area contributed by atoms with E-state index in [9.17, 15) is 22.8 Å². The van der Waals surface area contributed by atoms with Gasteiger partial charge in [0.1, 0.15) is 0 Å². The Morgan fingerprint density at radius 1 is 1.06 bits per heavy atom. The molecule has 2 aromatic carbocycles. The van der Waals surface area contributed by atoms with Gasteiger partial charge in [-0.15, -0.1) is 0 Å². The lowest BCUT2D eigenvalue weighted by atomic mass is 9.98. The van der Waals surface area contributed by atoms with Crippen molar-refractivity contribution in [3.05, 3.63) is 59.7 Å². The highest BCUT2D eigenvalue weighted by Gasteiger charge is 2.34. The predicted octanol–water partition coefficient (Wildman–Crippen LogP) is 3.17. The monoisotopic (exact) mass is 472 g/mol. The molecule has 176 valence electrons. The lowest BCUT2D eigenvalue weighted by molar-refractivity contribution is -0.158. The minimum absolute atomic E-state index is 0.106. The van der Waals surface area contributed by atoms with Crippen molar-refractivity contribution in [2.45, 2.75) is 44.6 Å². The molecule has 2 aromatic rings. The van der Waals surface area contributed by atoms with Gasteiger partial charge >= 0.3 is 5.97 Å². The predicted molar refractivity (Wildman–Crippen MR) is 123 cm³/mol. The van der Waals surface area contributed by atoms with Gasteiger partial charge in [0, 0.05) is 24.3 Å². The lowest BCUT2D eigenvalue weighted by Crippen LogP contribution is -2.41. The van der Waals surface area contributed by atoms with Gasteiger partial charge in [0.25, 0.3) is 5.91 Å². The Bertz CT molecular complexity index is 1140. The highest BCUT2D eigenvalue weighted by Crippen LogP contribution is 2.25. The summed E-state index contributed by atoms with van der Waals surface area (Å²) in [4.78, 5) is 36.4. The molecule has 1 N–H and O–H groups in total. The molecule has 0 radical (unpaired) electrons. The first-order valence-electron chi connectivity index (χ1n) is 10.8.